The Morgan fingerprint density at radius 3 is 2.50 bits per heavy atom. The third kappa shape index (κ3) is 2.30. The van der Waals surface area contributed by atoms with Crippen molar-refractivity contribution in [3.05, 3.63) is 46.3 Å². The molecule has 0 aliphatic carbocycles. The third-order valence-electron chi connectivity index (χ3n) is 2.48. The van der Waals surface area contributed by atoms with E-state index in [0.29, 0.717) is 0 Å². The Morgan fingerprint density at radius 2 is 1.88 bits per heavy atom. The zero-order chi connectivity index (χ0) is 11.5. The summed E-state index contributed by atoms with van der Waals surface area (Å²) in [5.41, 5.74) is 3.38. The van der Waals surface area contributed by atoms with E-state index in [1.807, 2.05) is 25.3 Å². The summed E-state index contributed by atoms with van der Waals surface area (Å²) in [5, 5.41) is 0. The predicted octanol–water partition coefficient (Wildman–Crippen LogP) is 3.78. The molecule has 0 amide bonds. The van der Waals surface area contributed by atoms with Crippen molar-refractivity contribution < 1.29 is 0 Å². The van der Waals surface area contributed by atoms with Crippen molar-refractivity contribution >= 4 is 15.9 Å². The zero-order valence-electron chi connectivity index (χ0n) is 9.37. The van der Waals surface area contributed by atoms with Gasteiger partial charge in [0, 0.05) is 16.2 Å². The normalized spacial score (nSPS) is 10.4. The van der Waals surface area contributed by atoms with E-state index in [0.717, 1.165) is 28.0 Å². The average Bonchev–Trinajstić information content (AvgIpc) is 2.30. The molecule has 0 N–H and O–H groups in total. The van der Waals surface area contributed by atoms with Gasteiger partial charge in [0.15, 0.2) is 0 Å². The van der Waals surface area contributed by atoms with Crippen molar-refractivity contribution in [2.45, 2.75) is 20.3 Å². The van der Waals surface area contributed by atoms with Crippen molar-refractivity contribution in [1.29, 1.82) is 0 Å². The fraction of sp³-hybridized carbons (Fsp3) is 0.231. The average molecular weight is 277 g/mol. The summed E-state index contributed by atoms with van der Waals surface area (Å²) in [6.07, 6.45) is 2.87. The fourth-order valence-corrected chi connectivity index (χ4v) is 1.88. The fourth-order valence-electron chi connectivity index (χ4n) is 1.61. The van der Waals surface area contributed by atoms with Crippen molar-refractivity contribution in [1.82, 2.24) is 9.97 Å². The quantitative estimate of drug-likeness (QED) is 0.834. The summed E-state index contributed by atoms with van der Waals surface area (Å²) in [6, 6.07) is 8.22. The largest absolute Gasteiger partial charge is 0.241 e. The SMILES string of the molecule is CCc1cnc(C)nc1-c1ccc(Br)cc1. The number of nitrogens with zero attached hydrogens (tertiary/aromatic N) is 2. The van der Waals surface area contributed by atoms with Crippen LogP contribution in [-0.4, -0.2) is 9.97 Å². The Balaban J connectivity index is 2.53. The van der Waals surface area contributed by atoms with Crippen LogP contribution in [0.1, 0.15) is 18.3 Å². The minimum Gasteiger partial charge on any atom is -0.241 e. The summed E-state index contributed by atoms with van der Waals surface area (Å²) in [6.45, 7) is 4.04. The Labute approximate surface area is 104 Å². The van der Waals surface area contributed by atoms with Crippen LogP contribution in [0, 0.1) is 6.92 Å². The smallest absolute Gasteiger partial charge is 0.125 e. The third-order valence-corrected chi connectivity index (χ3v) is 3.01. The lowest BCUT2D eigenvalue weighted by atomic mass is 10.1. The summed E-state index contributed by atoms with van der Waals surface area (Å²) in [7, 11) is 0. The molecule has 2 nitrogen and oxygen atoms in total. The Bertz CT molecular complexity index is 492. The van der Waals surface area contributed by atoms with Gasteiger partial charge in [0.2, 0.25) is 0 Å². The molecule has 0 saturated carbocycles. The number of hydrogen-bond donors (Lipinski definition) is 0. The highest BCUT2D eigenvalue weighted by Gasteiger charge is 2.06. The predicted molar refractivity (Wildman–Crippen MR) is 69.3 cm³/mol. The number of halogens is 1. The van der Waals surface area contributed by atoms with Crippen LogP contribution in [0.15, 0.2) is 34.9 Å². The van der Waals surface area contributed by atoms with Gasteiger partial charge in [-0.25, -0.2) is 9.97 Å². The van der Waals surface area contributed by atoms with E-state index in [1.165, 1.54) is 5.56 Å². The van der Waals surface area contributed by atoms with E-state index in [1.54, 1.807) is 0 Å². The van der Waals surface area contributed by atoms with Crippen molar-refractivity contribution in [2.24, 2.45) is 0 Å². The molecule has 16 heavy (non-hydrogen) atoms. The van der Waals surface area contributed by atoms with Gasteiger partial charge < -0.3 is 0 Å². The van der Waals surface area contributed by atoms with Gasteiger partial charge in [-0.2, -0.15) is 0 Å². The molecule has 0 radical (unpaired) electrons. The number of hydrogen-bond acceptors (Lipinski definition) is 2. The molecule has 0 spiro atoms. The van der Waals surface area contributed by atoms with Crippen LogP contribution in [0.5, 0.6) is 0 Å². The first-order valence-electron chi connectivity index (χ1n) is 5.29. The van der Waals surface area contributed by atoms with E-state index < -0.39 is 0 Å². The molecule has 0 aliphatic heterocycles. The second-order valence-corrected chi connectivity index (χ2v) is 4.57. The van der Waals surface area contributed by atoms with Crippen molar-refractivity contribution in [3.8, 4) is 11.3 Å². The molecule has 1 aromatic heterocycles. The van der Waals surface area contributed by atoms with Gasteiger partial charge in [0.05, 0.1) is 5.69 Å². The minimum atomic E-state index is 0.815. The Kier molecular flexibility index (Phi) is 3.34. The molecular weight excluding hydrogens is 264 g/mol. The Hall–Kier alpha value is -1.22. The van der Waals surface area contributed by atoms with Crippen molar-refractivity contribution in [3.63, 3.8) is 0 Å². The van der Waals surface area contributed by atoms with Crippen LogP contribution in [-0.2, 0) is 6.42 Å². The summed E-state index contributed by atoms with van der Waals surface area (Å²) in [5.74, 6) is 0.815. The molecule has 0 unspecified atom stereocenters. The van der Waals surface area contributed by atoms with Crippen LogP contribution < -0.4 is 0 Å². The minimum absolute atomic E-state index is 0.815. The summed E-state index contributed by atoms with van der Waals surface area (Å²) < 4.78 is 1.08. The molecule has 0 bridgehead atoms. The Morgan fingerprint density at radius 1 is 1.19 bits per heavy atom. The molecule has 2 aromatic rings. The number of aromatic nitrogens is 2. The highest BCUT2D eigenvalue weighted by atomic mass is 79.9. The van der Waals surface area contributed by atoms with Crippen LogP contribution in [0.4, 0.5) is 0 Å². The molecule has 82 valence electrons. The summed E-state index contributed by atoms with van der Waals surface area (Å²) in [4.78, 5) is 8.75. The summed E-state index contributed by atoms with van der Waals surface area (Å²) >= 11 is 3.44. The van der Waals surface area contributed by atoms with Crippen LogP contribution in [0.25, 0.3) is 11.3 Å². The lowest BCUT2D eigenvalue weighted by Crippen LogP contribution is -1.96. The maximum Gasteiger partial charge on any atom is 0.125 e. The van der Waals surface area contributed by atoms with Gasteiger partial charge in [0.25, 0.3) is 0 Å². The van der Waals surface area contributed by atoms with Crippen LogP contribution in [0.2, 0.25) is 0 Å². The van der Waals surface area contributed by atoms with Gasteiger partial charge in [-0.3, -0.25) is 0 Å². The number of benzene rings is 1. The molecule has 3 heteroatoms. The maximum atomic E-state index is 4.52. The number of rotatable bonds is 2. The molecule has 0 atom stereocenters. The van der Waals surface area contributed by atoms with Gasteiger partial charge in [-0.1, -0.05) is 35.0 Å². The van der Waals surface area contributed by atoms with E-state index in [9.17, 15) is 0 Å². The lowest BCUT2D eigenvalue weighted by Gasteiger charge is -2.07. The molecular formula is C13H13BrN2. The standard InChI is InChI=1S/C13H13BrN2/c1-3-10-8-15-9(2)16-13(10)11-4-6-12(14)7-5-11/h4-8H,3H2,1-2H3. The van der Waals surface area contributed by atoms with E-state index in [-0.39, 0.29) is 0 Å². The van der Waals surface area contributed by atoms with Gasteiger partial charge >= 0.3 is 0 Å². The molecule has 0 saturated heterocycles. The van der Waals surface area contributed by atoms with Gasteiger partial charge in [-0.15, -0.1) is 0 Å². The zero-order valence-corrected chi connectivity index (χ0v) is 11.0. The highest BCUT2D eigenvalue weighted by molar-refractivity contribution is 9.10. The lowest BCUT2D eigenvalue weighted by molar-refractivity contribution is 0.996. The van der Waals surface area contributed by atoms with E-state index in [4.69, 9.17) is 0 Å². The highest BCUT2D eigenvalue weighted by Crippen LogP contribution is 2.23. The van der Waals surface area contributed by atoms with Gasteiger partial charge in [-0.05, 0) is 31.0 Å². The second-order valence-electron chi connectivity index (χ2n) is 3.65. The number of aryl methyl sites for hydroxylation is 2. The monoisotopic (exact) mass is 276 g/mol. The molecule has 1 aromatic carbocycles. The van der Waals surface area contributed by atoms with Gasteiger partial charge in [0.1, 0.15) is 5.82 Å². The van der Waals surface area contributed by atoms with E-state index in [2.05, 4.69) is 45.0 Å². The van der Waals surface area contributed by atoms with Crippen LogP contribution in [0.3, 0.4) is 0 Å². The molecule has 1 heterocycles. The molecule has 0 fully saturated rings. The first-order chi connectivity index (χ1) is 7.70. The topological polar surface area (TPSA) is 25.8 Å². The maximum absolute atomic E-state index is 4.52. The van der Waals surface area contributed by atoms with E-state index >= 15 is 0 Å². The molecule has 2 rings (SSSR count). The van der Waals surface area contributed by atoms with Crippen molar-refractivity contribution in [2.75, 3.05) is 0 Å². The first kappa shape index (κ1) is 11.3. The molecule has 0 aliphatic rings. The van der Waals surface area contributed by atoms with Crippen LogP contribution >= 0.6 is 15.9 Å². The first-order valence-corrected chi connectivity index (χ1v) is 6.08. The second kappa shape index (κ2) is 4.74.